The lowest BCUT2D eigenvalue weighted by Crippen LogP contribution is -2.08. The summed E-state index contributed by atoms with van der Waals surface area (Å²) in [7, 11) is 0. The Morgan fingerprint density at radius 1 is 1.05 bits per heavy atom. The Kier molecular flexibility index (Phi) is 3.24. The molecule has 0 radical (unpaired) electrons. The summed E-state index contributed by atoms with van der Waals surface area (Å²) in [6.07, 6.45) is -4.59. The number of benzene rings is 1. The van der Waals surface area contributed by atoms with E-state index in [4.69, 9.17) is 10.5 Å². The number of hydrogen-bond acceptors (Lipinski definition) is 4. The Morgan fingerprint density at radius 2 is 1.79 bits per heavy atom. The molecule has 0 aliphatic heterocycles. The first-order chi connectivity index (χ1) is 8.86. The molecule has 0 saturated heterocycles. The van der Waals surface area contributed by atoms with Crippen LogP contribution in [0.25, 0.3) is 0 Å². The number of halogens is 4. The van der Waals surface area contributed by atoms with Gasteiger partial charge in [0.25, 0.3) is 0 Å². The maximum atomic E-state index is 13.4. The van der Waals surface area contributed by atoms with Gasteiger partial charge in [-0.15, -0.1) is 10.2 Å². The lowest BCUT2D eigenvalue weighted by atomic mass is 10.3. The van der Waals surface area contributed by atoms with Crippen molar-refractivity contribution in [3.05, 3.63) is 41.8 Å². The molecule has 100 valence electrons. The van der Waals surface area contributed by atoms with Crippen LogP contribution in [0.5, 0.6) is 11.6 Å². The first-order valence-electron chi connectivity index (χ1n) is 5.00. The van der Waals surface area contributed by atoms with E-state index in [2.05, 4.69) is 10.2 Å². The molecule has 0 unspecified atom stereocenters. The molecule has 4 nitrogen and oxygen atoms in total. The number of hydrogen-bond donors (Lipinski definition) is 1. The minimum Gasteiger partial charge on any atom is -0.434 e. The normalized spacial score (nSPS) is 11.4. The van der Waals surface area contributed by atoms with Crippen LogP contribution in [0.4, 0.5) is 23.2 Å². The predicted molar refractivity (Wildman–Crippen MR) is 57.9 cm³/mol. The van der Waals surface area contributed by atoms with Gasteiger partial charge in [-0.25, -0.2) is 4.39 Å². The number of alkyl halides is 3. The Balaban J connectivity index is 2.20. The van der Waals surface area contributed by atoms with Gasteiger partial charge in [0.1, 0.15) is 0 Å². The summed E-state index contributed by atoms with van der Waals surface area (Å²) < 4.78 is 55.0. The molecular weight excluding hydrogens is 266 g/mol. The van der Waals surface area contributed by atoms with Gasteiger partial charge in [-0.1, -0.05) is 0 Å². The summed E-state index contributed by atoms with van der Waals surface area (Å²) in [5.74, 6) is -1.21. The maximum absolute atomic E-state index is 13.4. The third-order valence-electron chi connectivity index (χ3n) is 2.10. The Morgan fingerprint density at radius 3 is 2.32 bits per heavy atom. The van der Waals surface area contributed by atoms with E-state index < -0.39 is 17.7 Å². The van der Waals surface area contributed by atoms with E-state index in [0.717, 1.165) is 12.1 Å². The van der Waals surface area contributed by atoms with Crippen LogP contribution in [-0.4, -0.2) is 10.2 Å². The molecule has 0 spiro atoms. The van der Waals surface area contributed by atoms with Gasteiger partial charge in [0.05, 0.1) is 0 Å². The van der Waals surface area contributed by atoms with Gasteiger partial charge in [-0.05, 0) is 18.2 Å². The van der Waals surface area contributed by atoms with Gasteiger partial charge in [-0.2, -0.15) is 13.2 Å². The summed E-state index contributed by atoms with van der Waals surface area (Å²) in [5, 5.41) is 6.16. The van der Waals surface area contributed by atoms with Crippen molar-refractivity contribution in [1.82, 2.24) is 10.2 Å². The van der Waals surface area contributed by atoms with Crippen LogP contribution in [0.1, 0.15) is 5.69 Å². The molecule has 2 rings (SSSR count). The molecular formula is C11H7F4N3O. The summed E-state index contributed by atoms with van der Waals surface area (Å²) >= 11 is 0. The average Bonchev–Trinajstić information content (AvgIpc) is 2.32. The number of nitrogen functional groups attached to an aromatic ring is 1. The van der Waals surface area contributed by atoms with Crippen LogP contribution < -0.4 is 10.5 Å². The summed E-state index contributed by atoms with van der Waals surface area (Å²) in [5.41, 5.74) is 4.38. The Bertz CT molecular complexity index is 583. The highest BCUT2D eigenvalue weighted by Crippen LogP contribution is 2.29. The van der Waals surface area contributed by atoms with E-state index in [1.54, 1.807) is 0 Å². The molecule has 0 atom stereocenters. The molecule has 1 heterocycles. The van der Waals surface area contributed by atoms with Gasteiger partial charge in [0, 0.05) is 17.8 Å². The van der Waals surface area contributed by atoms with Gasteiger partial charge in [0.15, 0.2) is 17.3 Å². The summed E-state index contributed by atoms with van der Waals surface area (Å²) in [6, 6.07) is 5.29. The lowest BCUT2D eigenvalue weighted by Gasteiger charge is -2.07. The van der Waals surface area contributed by atoms with E-state index in [9.17, 15) is 17.6 Å². The van der Waals surface area contributed by atoms with E-state index in [1.807, 2.05) is 0 Å². The minimum atomic E-state index is -4.59. The van der Waals surface area contributed by atoms with Gasteiger partial charge < -0.3 is 10.5 Å². The van der Waals surface area contributed by atoms with Crippen molar-refractivity contribution >= 4 is 5.69 Å². The first-order valence-corrected chi connectivity index (χ1v) is 5.00. The largest absolute Gasteiger partial charge is 0.435 e. The maximum Gasteiger partial charge on any atom is 0.435 e. The molecule has 1 aromatic heterocycles. The number of nitrogens with zero attached hydrogens (tertiary/aromatic N) is 2. The number of rotatable bonds is 2. The van der Waals surface area contributed by atoms with Crippen LogP contribution in [-0.2, 0) is 6.18 Å². The minimum absolute atomic E-state index is 0.198. The topological polar surface area (TPSA) is 61.0 Å². The first kappa shape index (κ1) is 13.1. The molecule has 8 heteroatoms. The number of anilines is 1. The van der Waals surface area contributed by atoms with E-state index in [0.29, 0.717) is 6.07 Å². The fourth-order valence-corrected chi connectivity index (χ4v) is 1.24. The van der Waals surface area contributed by atoms with Crippen molar-refractivity contribution in [3.63, 3.8) is 0 Å². The van der Waals surface area contributed by atoms with Crippen LogP contribution in [0.2, 0.25) is 0 Å². The smallest absolute Gasteiger partial charge is 0.434 e. The van der Waals surface area contributed by atoms with Gasteiger partial charge in [-0.3, -0.25) is 0 Å². The molecule has 0 fully saturated rings. The van der Waals surface area contributed by atoms with E-state index in [1.165, 1.54) is 12.1 Å². The molecule has 0 amide bonds. The predicted octanol–water partition coefficient (Wildman–Crippen LogP) is 3.01. The molecule has 0 aliphatic carbocycles. The Labute approximate surface area is 104 Å². The second-order valence-electron chi connectivity index (χ2n) is 3.55. The highest BCUT2D eigenvalue weighted by atomic mass is 19.4. The van der Waals surface area contributed by atoms with Gasteiger partial charge >= 0.3 is 6.18 Å². The van der Waals surface area contributed by atoms with Crippen LogP contribution >= 0.6 is 0 Å². The van der Waals surface area contributed by atoms with Crippen molar-refractivity contribution in [3.8, 4) is 11.6 Å². The zero-order valence-electron chi connectivity index (χ0n) is 9.28. The SMILES string of the molecule is Nc1ccc(Oc2ccc(C(F)(F)F)nn2)c(F)c1. The number of aromatic nitrogens is 2. The molecule has 2 aromatic rings. The fraction of sp³-hybridized carbons (Fsp3) is 0.0909. The van der Waals surface area contributed by atoms with Gasteiger partial charge in [0.2, 0.25) is 5.88 Å². The van der Waals surface area contributed by atoms with Crippen molar-refractivity contribution < 1.29 is 22.3 Å². The lowest BCUT2D eigenvalue weighted by molar-refractivity contribution is -0.141. The number of nitrogens with two attached hydrogens (primary N) is 1. The zero-order chi connectivity index (χ0) is 14.0. The van der Waals surface area contributed by atoms with Crippen LogP contribution in [0.3, 0.4) is 0 Å². The molecule has 0 bridgehead atoms. The third kappa shape index (κ3) is 3.09. The van der Waals surface area contributed by atoms with Crippen molar-refractivity contribution in [2.75, 3.05) is 5.73 Å². The van der Waals surface area contributed by atoms with Crippen molar-refractivity contribution in [2.45, 2.75) is 6.18 Å². The average molecular weight is 273 g/mol. The molecule has 0 aliphatic rings. The highest BCUT2D eigenvalue weighted by Gasteiger charge is 2.33. The highest BCUT2D eigenvalue weighted by molar-refractivity contribution is 5.43. The van der Waals surface area contributed by atoms with E-state index >= 15 is 0 Å². The molecule has 1 aromatic carbocycles. The molecule has 2 N–H and O–H groups in total. The second kappa shape index (κ2) is 4.71. The molecule has 0 saturated carbocycles. The summed E-state index contributed by atoms with van der Waals surface area (Å²) in [6.45, 7) is 0. The van der Waals surface area contributed by atoms with Crippen molar-refractivity contribution in [2.24, 2.45) is 0 Å². The third-order valence-corrected chi connectivity index (χ3v) is 2.10. The van der Waals surface area contributed by atoms with E-state index in [-0.39, 0.29) is 17.3 Å². The second-order valence-corrected chi connectivity index (χ2v) is 3.55. The quantitative estimate of drug-likeness (QED) is 0.675. The summed E-state index contributed by atoms with van der Waals surface area (Å²) in [4.78, 5) is 0. The Hall–Kier alpha value is -2.38. The van der Waals surface area contributed by atoms with Crippen LogP contribution in [0, 0.1) is 5.82 Å². The van der Waals surface area contributed by atoms with Crippen LogP contribution in [0.15, 0.2) is 30.3 Å². The fourth-order valence-electron chi connectivity index (χ4n) is 1.24. The molecule has 19 heavy (non-hydrogen) atoms. The number of ether oxygens (including phenoxy) is 1. The zero-order valence-corrected chi connectivity index (χ0v) is 9.28. The monoisotopic (exact) mass is 273 g/mol. The van der Waals surface area contributed by atoms with Crippen molar-refractivity contribution in [1.29, 1.82) is 0 Å². The standard InChI is InChI=1S/C11H7F4N3O/c12-7-5-6(16)1-2-8(7)19-10-4-3-9(17-18-10)11(13,14)15/h1-5H,16H2.